The van der Waals surface area contributed by atoms with Gasteiger partial charge in [0.05, 0.1) is 0 Å². The summed E-state index contributed by atoms with van der Waals surface area (Å²) in [6.45, 7) is 1.83. The zero-order chi connectivity index (χ0) is 5.11. The summed E-state index contributed by atoms with van der Waals surface area (Å²) in [5, 5.41) is 0. The largest absolute Gasteiger partial charge is 0.373 e. The minimum Gasteiger partial charge on any atom is -0.373 e. The van der Waals surface area contributed by atoms with Crippen molar-refractivity contribution in [2.24, 2.45) is 0 Å². The fourth-order valence-corrected chi connectivity index (χ4v) is 0.338. The summed E-state index contributed by atoms with van der Waals surface area (Å²) in [7, 11) is 0. The van der Waals surface area contributed by atoms with Crippen LogP contribution >= 0.6 is 0 Å². The Kier molecular flexibility index (Phi) is 3.59. The fraction of sp³-hybridized carbons (Fsp3) is 0.200. The van der Waals surface area contributed by atoms with E-state index < -0.39 is 0 Å². The van der Waals surface area contributed by atoms with Crippen LogP contribution in [0.3, 0.4) is 0 Å². The van der Waals surface area contributed by atoms with E-state index in [0.717, 1.165) is 5.82 Å². The molecule has 3 heteroatoms. The quantitative estimate of drug-likeness (QED) is 0.649. The van der Waals surface area contributed by atoms with E-state index in [9.17, 15) is 0 Å². The molecular weight excluding hydrogens is 274 g/mol. The van der Waals surface area contributed by atoms with Crippen LogP contribution in [-0.4, -0.2) is 9.97 Å². The maximum absolute atomic E-state index is 3.84. The van der Waals surface area contributed by atoms with Crippen molar-refractivity contribution in [3.8, 4) is 0 Å². The van der Waals surface area contributed by atoms with Crippen LogP contribution in [0.4, 0.5) is 0 Å². The van der Waals surface area contributed by atoms with Crippen LogP contribution in [0.5, 0.6) is 0 Å². The molecule has 0 N–H and O–H groups in total. The molecule has 0 spiro atoms. The molecule has 0 atom stereocenters. The Morgan fingerprint density at radius 1 is 1.62 bits per heavy atom. The molecular formula is C5H5N2Re-. The number of hydrogen-bond acceptors (Lipinski definition) is 2. The van der Waals surface area contributed by atoms with E-state index in [-0.39, 0.29) is 20.4 Å². The summed E-state index contributed by atoms with van der Waals surface area (Å²) >= 11 is 0. The van der Waals surface area contributed by atoms with Crippen molar-refractivity contribution in [3.63, 3.8) is 0 Å². The molecule has 0 fully saturated rings. The third-order valence-corrected chi connectivity index (χ3v) is 0.637. The Hall–Kier alpha value is -0.258. The molecule has 0 saturated carbocycles. The smallest absolute Gasteiger partial charge is 0.0104 e. The number of nitrogens with zero attached hydrogens (tertiary/aromatic N) is 2. The van der Waals surface area contributed by atoms with Crippen LogP contribution < -0.4 is 0 Å². The van der Waals surface area contributed by atoms with Gasteiger partial charge in [0.15, 0.2) is 0 Å². The summed E-state index contributed by atoms with van der Waals surface area (Å²) in [5.74, 6) is 0.766. The van der Waals surface area contributed by atoms with E-state index in [2.05, 4.69) is 16.2 Å². The molecule has 1 radical (unpaired) electrons. The Labute approximate surface area is 62.0 Å². The topological polar surface area (TPSA) is 25.8 Å². The van der Waals surface area contributed by atoms with Crippen LogP contribution in [0.2, 0.25) is 0 Å². The summed E-state index contributed by atoms with van der Waals surface area (Å²) in [6, 6.07) is 1.67. The van der Waals surface area contributed by atoms with Gasteiger partial charge in [-0.15, -0.1) is 6.07 Å². The summed E-state index contributed by atoms with van der Waals surface area (Å²) < 4.78 is 0. The van der Waals surface area contributed by atoms with Crippen molar-refractivity contribution in [1.29, 1.82) is 0 Å². The maximum atomic E-state index is 3.84. The van der Waals surface area contributed by atoms with Crippen LogP contribution in [0, 0.1) is 13.1 Å². The predicted molar refractivity (Wildman–Crippen MR) is 25.6 cm³/mol. The molecule has 2 nitrogen and oxygen atoms in total. The van der Waals surface area contributed by atoms with Gasteiger partial charge in [0, 0.05) is 26.2 Å². The molecule has 0 unspecified atom stereocenters. The molecule has 0 aliphatic heterocycles. The van der Waals surface area contributed by atoms with Gasteiger partial charge < -0.3 is 9.97 Å². The van der Waals surface area contributed by atoms with E-state index in [4.69, 9.17) is 0 Å². The summed E-state index contributed by atoms with van der Waals surface area (Å²) in [5.41, 5.74) is 0. The van der Waals surface area contributed by atoms with E-state index in [1.54, 1.807) is 12.3 Å². The Morgan fingerprint density at radius 2 is 2.38 bits per heavy atom. The monoisotopic (exact) mass is 280 g/mol. The van der Waals surface area contributed by atoms with Crippen LogP contribution in [0.15, 0.2) is 12.3 Å². The Morgan fingerprint density at radius 3 is 2.62 bits per heavy atom. The summed E-state index contributed by atoms with van der Waals surface area (Å²) in [4.78, 5) is 7.58. The van der Waals surface area contributed by atoms with E-state index in [0.29, 0.717) is 0 Å². The van der Waals surface area contributed by atoms with Gasteiger partial charge in [-0.25, -0.2) is 0 Å². The maximum Gasteiger partial charge on any atom is 0.0104 e. The first kappa shape index (κ1) is 7.74. The van der Waals surface area contributed by atoms with Gasteiger partial charge in [0.1, 0.15) is 0 Å². The van der Waals surface area contributed by atoms with Gasteiger partial charge in [-0.2, -0.15) is 0 Å². The zero-order valence-corrected chi connectivity index (χ0v) is 7.14. The zero-order valence-electron chi connectivity index (χ0n) is 4.43. The molecule has 0 aromatic carbocycles. The second-order valence-corrected chi connectivity index (χ2v) is 1.23. The van der Waals surface area contributed by atoms with Gasteiger partial charge in [0.2, 0.25) is 0 Å². The molecule has 43 valence electrons. The standard InChI is InChI=1S/C5H5N2.Re/c1-5-6-3-2-4-7-5;/h2-3H,1H3;/q-1;. The van der Waals surface area contributed by atoms with Crippen molar-refractivity contribution in [2.45, 2.75) is 6.92 Å². The number of aromatic nitrogens is 2. The van der Waals surface area contributed by atoms with Crippen molar-refractivity contribution in [3.05, 3.63) is 24.3 Å². The van der Waals surface area contributed by atoms with Crippen molar-refractivity contribution in [1.82, 2.24) is 9.97 Å². The Bertz CT molecular complexity index is 140. The first-order valence-corrected chi connectivity index (χ1v) is 2.05. The molecule has 0 amide bonds. The summed E-state index contributed by atoms with van der Waals surface area (Å²) in [6.07, 6.45) is 4.32. The van der Waals surface area contributed by atoms with Crippen molar-refractivity contribution in [2.75, 3.05) is 0 Å². The van der Waals surface area contributed by atoms with Crippen LogP contribution in [0.25, 0.3) is 0 Å². The second kappa shape index (κ2) is 3.71. The first-order chi connectivity index (χ1) is 3.39. The van der Waals surface area contributed by atoms with E-state index in [1.807, 2.05) is 6.92 Å². The molecule has 0 aliphatic carbocycles. The number of rotatable bonds is 0. The van der Waals surface area contributed by atoms with Gasteiger partial charge in [-0.05, 0) is 0 Å². The van der Waals surface area contributed by atoms with Crippen LogP contribution in [0.1, 0.15) is 5.82 Å². The van der Waals surface area contributed by atoms with E-state index >= 15 is 0 Å². The second-order valence-electron chi connectivity index (χ2n) is 1.23. The van der Waals surface area contributed by atoms with Gasteiger partial charge in [0.25, 0.3) is 0 Å². The molecule has 8 heavy (non-hydrogen) atoms. The molecule has 1 heterocycles. The fourth-order valence-electron chi connectivity index (χ4n) is 0.338. The normalized spacial score (nSPS) is 7.62. The third-order valence-electron chi connectivity index (χ3n) is 0.637. The molecule has 1 rings (SSSR count). The van der Waals surface area contributed by atoms with Crippen LogP contribution in [-0.2, 0) is 20.4 Å². The van der Waals surface area contributed by atoms with E-state index in [1.165, 1.54) is 0 Å². The molecule has 0 aliphatic rings. The minimum atomic E-state index is 0. The van der Waals surface area contributed by atoms with Gasteiger partial charge in [-0.3, -0.25) is 0 Å². The first-order valence-electron chi connectivity index (χ1n) is 2.05. The Balaban J connectivity index is 0.000000490. The molecule has 0 bridgehead atoms. The van der Waals surface area contributed by atoms with Gasteiger partial charge >= 0.3 is 0 Å². The van der Waals surface area contributed by atoms with Crippen molar-refractivity contribution < 1.29 is 20.4 Å². The average molecular weight is 279 g/mol. The number of aryl methyl sites for hydroxylation is 1. The number of hydrogen-bond donors (Lipinski definition) is 0. The minimum absolute atomic E-state index is 0. The average Bonchev–Trinajstić information content (AvgIpc) is 1.69. The SMILES string of the molecule is Cc1n[c-]ccn1.[Re]. The predicted octanol–water partition coefficient (Wildman–Crippen LogP) is 0.583. The third kappa shape index (κ3) is 2.15. The van der Waals surface area contributed by atoms with Crippen molar-refractivity contribution >= 4 is 0 Å². The molecule has 0 saturated heterocycles. The molecule has 1 aromatic rings. The molecule has 1 aromatic heterocycles. The van der Waals surface area contributed by atoms with Gasteiger partial charge in [-0.1, -0.05) is 19.3 Å².